The number of hydrogen-bond donors (Lipinski definition) is 2. The van der Waals surface area contributed by atoms with E-state index in [1.807, 2.05) is 4.90 Å². The second kappa shape index (κ2) is 8.29. The quantitative estimate of drug-likeness (QED) is 0.683. The van der Waals surface area contributed by atoms with E-state index in [-0.39, 0.29) is 24.2 Å². The van der Waals surface area contributed by atoms with Gasteiger partial charge >= 0.3 is 0 Å². The van der Waals surface area contributed by atoms with Gasteiger partial charge in [-0.2, -0.15) is 4.98 Å². The molecular formula is C19H19F2N7O. The van der Waals surface area contributed by atoms with E-state index in [4.69, 9.17) is 0 Å². The van der Waals surface area contributed by atoms with Crippen molar-refractivity contribution in [2.75, 3.05) is 23.3 Å². The van der Waals surface area contributed by atoms with Gasteiger partial charge in [0.05, 0.1) is 5.92 Å². The van der Waals surface area contributed by atoms with Crippen LogP contribution >= 0.6 is 0 Å². The number of carbonyl (C=O) groups is 1. The molecule has 1 aliphatic rings. The maximum Gasteiger partial charge on any atom is 0.248 e. The molecule has 4 rings (SSSR count). The number of piperidine rings is 1. The summed E-state index contributed by atoms with van der Waals surface area (Å²) in [5.74, 6) is -0.606. The number of aromatic amines is 1. The summed E-state index contributed by atoms with van der Waals surface area (Å²) < 4.78 is 26.6. The summed E-state index contributed by atoms with van der Waals surface area (Å²) in [7, 11) is 0. The zero-order valence-electron chi connectivity index (χ0n) is 15.5. The van der Waals surface area contributed by atoms with Crippen LogP contribution in [0, 0.1) is 17.6 Å². The lowest BCUT2D eigenvalue weighted by molar-refractivity contribution is -0.120. The number of aromatic nitrogens is 5. The number of H-pyrrole nitrogens is 1. The van der Waals surface area contributed by atoms with E-state index >= 15 is 0 Å². The van der Waals surface area contributed by atoms with Crippen LogP contribution in [0.25, 0.3) is 0 Å². The minimum atomic E-state index is -0.655. The maximum atomic E-state index is 13.3. The van der Waals surface area contributed by atoms with Gasteiger partial charge in [0.25, 0.3) is 0 Å². The van der Waals surface area contributed by atoms with Crippen molar-refractivity contribution in [1.29, 1.82) is 0 Å². The normalized spacial score (nSPS) is 16.6. The predicted molar refractivity (Wildman–Crippen MR) is 101 cm³/mol. The number of nitrogens with one attached hydrogen (secondary N) is 2. The van der Waals surface area contributed by atoms with Gasteiger partial charge in [-0.05, 0) is 36.6 Å². The van der Waals surface area contributed by atoms with E-state index in [0.717, 1.165) is 25.5 Å². The number of anilines is 2. The molecule has 0 aliphatic carbocycles. The second-order valence-corrected chi connectivity index (χ2v) is 6.88. The molecule has 8 nitrogen and oxygen atoms in total. The summed E-state index contributed by atoms with van der Waals surface area (Å²) >= 11 is 0. The van der Waals surface area contributed by atoms with Crippen molar-refractivity contribution in [3.05, 3.63) is 59.7 Å². The molecule has 2 N–H and O–H groups in total. The average Bonchev–Trinajstić information content (AvgIpc) is 3.14. The second-order valence-electron chi connectivity index (χ2n) is 6.88. The number of halogens is 2. The number of nitrogens with zero attached hydrogens (tertiary/aromatic N) is 5. The Labute approximate surface area is 165 Å². The Balaban J connectivity index is 1.37. The van der Waals surface area contributed by atoms with Crippen LogP contribution in [-0.2, 0) is 11.2 Å². The molecule has 150 valence electrons. The van der Waals surface area contributed by atoms with E-state index in [0.29, 0.717) is 23.9 Å². The fraction of sp³-hybridized carbons (Fsp3) is 0.316. The van der Waals surface area contributed by atoms with Gasteiger partial charge in [0.15, 0.2) is 0 Å². The van der Waals surface area contributed by atoms with Gasteiger partial charge in [-0.1, -0.05) is 0 Å². The summed E-state index contributed by atoms with van der Waals surface area (Å²) in [5.41, 5.74) is 0.419. The van der Waals surface area contributed by atoms with Crippen LogP contribution in [0.4, 0.5) is 20.7 Å². The molecule has 1 aliphatic heterocycles. The third kappa shape index (κ3) is 4.71. The smallest absolute Gasteiger partial charge is 0.248 e. The average molecular weight is 399 g/mol. The number of carbonyl (C=O) groups excluding carboxylic acids is 1. The molecular weight excluding hydrogens is 380 g/mol. The Morgan fingerprint density at radius 1 is 1.21 bits per heavy atom. The molecule has 1 amide bonds. The molecule has 0 unspecified atom stereocenters. The summed E-state index contributed by atoms with van der Waals surface area (Å²) in [6.07, 6.45) is 5.10. The molecule has 1 saturated heterocycles. The van der Waals surface area contributed by atoms with Crippen LogP contribution in [-0.4, -0.2) is 44.1 Å². The molecule has 0 spiro atoms. The first-order chi connectivity index (χ1) is 14.1. The standard InChI is InChI=1S/C19H19F2N7O/c20-14-7-12(8-15(21)10-14)9-16-24-18(27-26-16)25-17(29)13-3-1-6-28(11-13)19-22-4-2-5-23-19/h2,4-5,7-8,10,13H,1,3,6,9,11H2,(H2,24,25,26,27,29)/t13-/m1/s1. The van der Waals surface area contributed by atoms with E-state index in [2.05, 4.69) is 30.5 Å². The maximum absolute atomic E-state index is 13.3. The van der Waals surface area contributed by atoms with Gasteiger partial charge < -0.3 is 4.90 Å². The van der Waals surface area contributed by atoms with Crippen molar-refractivity contribution in [2.45, 2.75) is 19.3 Å². The van der Waals surface area contributed by atoms with Crippen molar-refractivity contribution in [3.8, 4) is 0 Å². The third-order valence-electron chi connectivity index (χ3n) is 4.69. The predicted octanol–water partition coefficient (Wildman–Crippen LogP) is 2.32. The Hall–Kier alpha value is -3.43. The highest BCUT2D eigenvalue weighted by Gasteiger charge is 2.27. The lowest BCUT2D eigenvalue weighted by atomic mass is 9.97. The van der Waals surface area contributed by atoms with Crippen molar-refractivity contribution in [1.82, 2.24) is 25.1 Å². The number of benzene rings is 1. The van der Waals surface area contributed by atoms with E-state index in [9.17, 15) is 13.6 Å². The van der Waals surface area contributed by atoms with Crippen LogP contribution in [0.2, 0.25) is 0 Å². The van der Waals surface area contributed by atoms with E-state index in [1.165, 1.54) is 12.1 Å². The number of rotatable bonds is 5. The van der Waals surface area contributed by atoms with Crippen molar-refractivity contribution < 1.29 is 13.6 Å². The monoisotopic (exact) mass is 399 g/mol. The molecule has 10 heteroatoms. The molecule has 1 fully saturated rings. The van der Waals surface area contributed by atoms with E-state index < -0.39 is 11.6 Å². The highest BCUT2D eigenvalue weighted by atomic mass is 19.1. The van der Waals surface area contributed by atoms with Crippen LogP contribution < -0.4 is 10.2 Å². The Bertz CT molecular complexity index is 975. The lowest BCUT2D eigenvalue weighted by Gasteiger charge is -2.31. The molecule has 2 aromatic heterocycles. The highest BCUT2D eigenvalue weighted by molar-refractivity contribution is 5.91. The summed E-state index contributed by atoms with van der Waals surface area (Å²) in [6, 6.07) is 5.01. The topological polar surface area (TPSA) is 99.7 Å². The Morgan fingerprint density at radius 3 is 2.72 bits per heavy atom. The van der Waals surface area contributed by atoms with Crippen LogP contribution in [0.15, 0.2) is 36.7 Å². The van der Waals surface area contributed by atoms with Gasteiger partial charge in [-0.25, -0.2) is 18.7 Å². The Morgan fingerprint density at radius 2 is 1.97 bits per heavy atom. The van der Waals surface area contributed by atoms with Crippen molar-refractivity contribution in [2.24, 2.45) is 5.92 Å². The highest BCUT2D eigenvalue weighted by Crippen LogP contribution is 2.21. The molecule has 0 radical (unpaired) electrons. The zero-order chi connectivity index (χ0) is 20.2. The largest absolute Gasteiger partial charge is 0.340 e. The molecule has 0 bridgehead atoms. The zero-order valence-corrected chi connectivity index (χ0v) is 15.5. The van der Waals surface area contributed by atoms with Crippen LogP contribution in [0.3, 0.4) is 0 Å². The van der Waals surface area contributed by atoms with Crippen molar-refractivity contribution in [3.63, 3.8) is 0 Å². The third-order valence-corrected chi connectivity index (χ3v) is 4.69. The number of amides is 1. The van der Waals surface area contributed by atoms with Gasteiger partial charge in [0.2, 0.25) is 17.8 Å². The summed E-state index contributed by atoms with van der Waals surface area (Å²) in [6.45, 7) is 1.30. The molecule has 1 aromatic carbocycles. The van der Waals surface area contributed by atoms with Crippen LogP contribution in [0.1, 0.15) is 24.2 Å². The molecule has 0 saturated carbocycles. The van der Waals surface area contributed by atoms with Gasteiger partial charge in [0.1, 0.15) is 17.5 Å². The molecule has 29 heavy (non-hydrogen) atoms. The first-order valence-corrected chi connectivity index (χ1v) is 9.26. The first-order valence-electron chi connectivity index (χ1n) is 9.26. The fourth-order valence-corrected chi connectivity index (χ4v) is 3.38. The summed E-state index contributed by atoms with van der Waals surface area (Å²) in [4.78, 5) is 27.3. The summed E-state index contributed by atoms with van der Waals surface area (Å²) in [5, 5.41) is 9.36. The van der Waals surface area contributed by atoms with Gasteiger partial charge in [0, 0.05) is 38.0 Å². The Kier molecular flexibility index (Phi) is 5.41. The molecule has 1 atom stereocenters. The fourth-order valence-electron chi connectivity index (χ4n) is 3.38. The number of hydrogen-bond acceptors (Lipinski definition) is 6. The van der Waals surface area contributed by atoms with Crippen LogP contribution in [0.5, 0.6) is 0 Å². The van der Waals surface area contributed by atoms with E-state index in [1.54, 1.807) is 18.5 Å². The SMILES string of the molecule is O=C(Nc1n[nH]c(Cc2cc(F)cc(F)c2)n1)[C@@H]1CCCN(c2ncccn2)C1. The first kappa shape index (κ1) is 18.9. The van der Waals surface area contributed by atoms with Crippen molar-refractivity contribution >= 4 is 17.8 Å². The minimum Gasteiger partial charge on any atom is -0.340 e. The van der Waals surface area contributed by atoms with Gasteiger partial charge in [-0.15, -0.1) is 5.10 Å². The molecule has 3 heterocycles. The minimum absolute atomic E-state index is 0.134. The molecule has 3 aromatic rings. The lowest BCUT2D eigenvalue weighted by Crippen LogP contribution is -2.41. The van der Waals surface area contributed by atoms with Gasteiger partial charge in [-0.3, -0.25) is 15.2 Å².